The van der Waals surface area contributed by atoms with Gasteiger partial charge in [0.15, 0.2) is 0 Å². The van der Waals surface area contributed by atoms with E-state index in [1.807, 2.05) is 6.07 Å². The van der Waals surface area contributed by atoms with E-state index < -0.39 is 0 Å². The molecule has 2 aliphatic rings. The zero-order valence-corrected chi connectivity index (χ0v) is 9.87. The minimum atomic E-state index is -0.0328. The summed E-state index contributed by atoms with van der Waals surface area (Å²) in [6.45, 7) is 0.818. The summed E-state index contributed by atoms with van der Waals surface area (Å²) < 4.78 is 5.46. The number of rotatable bonds is 2. The highest BCUT2D eigenvalue weighted by Crippen LogP contribution is 2.31. The Hall–Kier alpha value is -1.29. The molecule has 2 atom stereocenters. The van der Waals surface area contributed by atoms with Crippen molar-refractivity contribution in [2.75, 3.05) is 6.54 Å². The Morgan fingerprint density at radius 2 is 2.18 bits per heavy atom. The van der Waals surface area contributed by atoms with Crippen molar-refractivity contribution in [3.05, 3.63) is 23.7 Å². The van der Waals surface area contributed by atoms with Crippen LogP contribution in [-0.2, 0) is 11.2 Å². The molecule has 0 bridgehead atoms. The monoisotopic (exact) mass is 234 g/mol. The highest BCUT2D eigenvalue weighted by atomic mass is 16.3. The molecule has 4 nitrogen and oxygen atoms in total. The molecule has 0 spiro atoms. The second kappa shape index (κ2) is 4.53. The SMILES string of the molecule is O=C1NCCCC1NC1CCCc2occc21. The van der Waals surface area contributed by atoms with Crippen LogP contribution in [0.5, 0.6) is 0 Å². The van der Waals surface area contributed by atoms with E-state index in [4.69, 9.17) is 4.42 Å². The minimum absolute atomic E-state index is 0.0328. The predicted molar refractivity (Wildman–Crippen MR) is 63.6 cm³/mol. The van der Waals surface area contributed by atoms with E-state index in [0.717, 1.165) is 44.4 Å². The van der Waals surface area contributed by atoms with Crippen LogP contribution in [0.25, 0.3) is 0 Å². The number of carbonyl (C=O) groups excluding carboxylic acids is 1. The Labute approximate surface area is 101 Å². The van der Waals surface area contributed by atoms with Crippen LogP contribution >= 0.6 is 0 Å². The Bertz CT molecular complexity index is 413. The number of hydrogen-bond donors (Lipinski definition) is 2. The first-order valence-corrected chi connectivity index (χ1v) is 6.44. The summed E-state index contributed by atoms with van der Waals surface area (Å²) in [6.07, 6.45) is 7.01. The topological polar surface area (TPSA) is 54.3 Å². The molecule has 0 aromatic carbocycles. The van der Waals surface area contributed by atoms with Gasteiger partial charge in [0, 0.05) is 24.6 Å². The fourth-order valence-electron chi connectivity index (χ4n) is 2.83. The lowest BCUT2D eigenvalue weighted by Crippen LogP contribution is -2.49. The van der Waals surface area contributed by atoms with Gasteiger partial charge in [-0.15, -0.1) is 0 Å². The van der Waals surface area contributed by atoms with Crippen molar-refractivity contribution in [3.63, 3.8) is 0 Å². The lowest BCUT2D eigenvalue weighted by atomic mass is 9.92. The number of aryl methyl sites for hydroxylation is 1. The zero-order valence-electron chi connectivity index (χ0n) is 9.87. The van der Waals surface area contributed by atoms with Crippen LogP contribution in [-0.4, -0.2) is 18.5 Å². The third-order valence-corrected chi connectivity index (χ3v) is 3.74. The molecule has 1 aliphatic carbocycles. The summed E-state index contributed by atoms with van der Waals surface area (Å²) >= 11 is 0. The van der Waals surface area contributed by atoms with Gasteiger partial charge in [-0.2, -0.15) is 0 Å². The van der Waals surface area contributed by atoms with Gasteiger partial charge in [0.1, 0.15) is 5.76 Å². The predicted octanol–water partition coefficient (Wildman–Crippen LogP) is 1.53. The van der Waals surface area contributed by atoms with Crippen molar-refractivity contribution < 1.29 is 9.21 Å². The number of amides is 1. The Kier molecular flexibility index (Phi) is 2.89. The van der Waals surface area contributed by atoms with Crippen molar-refractivity contribution in [3.8, 4) is 0 Å². The zero-order chi connectivity index (χ0) is 11.7. The van der Waals surface area contributed by atoms with Gasteiger partial charge in [-0.1, -0.05) is 0 Å². The molecular weight excluding hydrogens is 216 g/mol. The maximum Gasteiger partial charge on any atom is 0.237 e. The van der Waals surface area contributed by atoms with Gasteiger partial charge in [-0.25, -0.2) is 0 Å². The normalized spacial score (nSPS) is 28.6. The second-order valence-electron chi connectivity index (χ2n) is 4.90. The van der Waals surface area contributed by atoms with Crippen LogP contribution < -0.4 is 10.6 Å². The number of piperidine rings is 1. The van der Waals surface area contributed by atoms with Gasteiger partial charge in [0.25, 0.3) is 0 Å². The molecule has 2 unspecified atom stereocenters. The van der Waals surface area contributed by atoms with Crippen LogP contribution in [0.1, 0.15) is 43.0 Å². The number of carbonyl (C=O) groups is 1. The van der Waals surface area contributed by atoms with Crippen molar-refractivity contribution in [2.45, 2.75) is 44.2 Å². The van der Waals surface area contributed by atoms with Gasteiger partial charge in [0.2, 0.25) is 5.91 Å². The highest BCUT2D eigenvalue weighted by molar-refractivity contribution is 5.82. The maximum atomic E-state index is 11.7. The summed E-state index contributed by atoms with van der Waals surface area (Å²) in [4.78, 5) is 11.7. The molecule has 1 aromatic heterocycles. The van der Waals surface area contributed by atoms with E-state index in [9.17, 15) is 4.79 Å². The molecule has 0 radical (unpaired) electrons. The quantitative estimate of drug-likeness (QED) is 0.816. The van der Waals surface area contributed by atoms with E-state index >= 15 is 0 Å². The number of nitrogens with one attached hydrogen (secondary N) is 2. The Morgan fingerprint density at radius 1 is 1.29 bits per heavy atom. The largest absolute Gasteiger partial charge is 0.469 e. The van der Waals surface area contributed by atoms with Crippen LogP contribution in [0.3, 0.4) is 0 Å². The first-order chi connectivity index (χ1) is 8.34. The van der Waals surface area contributed by atoms with E-state index in [1.54, 1.807) is 6.26 Å². The van der Waals surface area contributed by atoms with Crippen LogP contribution in [0.4, 0.5) is 0 Å². The highest BCUT2D eigenvalue weighted by Gasteiger charge is 2.28. The molecule has 1 fully saturated rings. The molecule has 1 saturated heterocycles. The maximum absolute atomic E-state index is 11.7. The third-order valence-electron chi connectivity index (χ3n) is 3.74. The first-order valence-electron chi connectivity index (χ1n) is 6.44. The fourth-order valence-corrected chi connectivity index (χ4v) is 2.83. The van der Waals surface area contributed by atoms with E-state index in [2.05, 4.69) is 10.6 Å². The molecule has 92 valence electrons. The standard InChI is InChI=1S/C13H18N2O2/c16-13-11(4-2-7-14-13)15-10-3-1-5-12-9(10)6-8-17-12/h6,8,10-11,15H,1-5,7H2,(H,14,16). The fraction of sp³-hybridized carbons (Fsp3) is 0.615. The Morgan fingerprint density at radius 3 is 3.06 bits per heavy atom. The van der Waals surface area contributed by atoms with Gasteiger partial charge in [-0.05, 0) is 31.7 Å². The summed E-state index contributed by atoms with van der Waals surface area (Å²) in [5.41, 5.74) is 1.25. The second-order valence-corrected chi connectivity index (χ2v) is 4.90. The molecule has 17 heavy (non-hydrogen) atoms. The summed E-state index contributed by atoms with van der Waals surface area (Å²) in [5, 5.41) is 6.39. The average Bonchev–Trinajstić information content (AvgIpc) is 2.81. The molecule has 1 aromatic rings. The molecule has 4 heteroatoms. The molecule has 2 N–H and O–H groups in total. The van der Waals surface area contributed by atoms with Crippen molar-refractivity contribution in [1.82, 2.24) is 10.6 Å². The molecule has 1 aliphatic heterocycles. The van der Waals surface area contributed by atoms with Crippen LogP contribution in [0, 0.1) is 0 Å². The van der Waals surface area contributed by atoms with Gasteiger partial charge >= 0.3 is 0 Å². The molecular formula is C13H18N2O2. The summed E-state index contributed by atoms with van der Waals surface area (Å²) in [7, 11) is 0. The lowest BCUT2D eigenvalue weighted by Gasteiger charge is -2.29. The average molecular weight is 234 g/mol. The van der Waals surface area contributed by atoms with Crippen LogP contribution in [0.15, 0.2) is 16.7 Å². The van der Waals surface area contributed by atoms with E-state index in [0.29, 0.717) is 0 Å². The van der Waals surface area contributed by atoms with Gasteiger partial charge in [-0.3, -0.25) is 10.1 Å². The molecule has 2 heterocycles. The third kappa shape index (κ3) is 2.09. The van der Waals surface area contributed by atoms with E-state index in [1.165, 1.54) is 5.56 Å². The molecule has 1 amide bonds. The minimum Gasteiger partial charge on any atom is -0.469 e. The summed E-state index contributed by atoms with van der Waals surface area (Å²) in [6, 6.07) is 2.29. The van der Waals surface area contributed by atoms with Crippen molar-refractivity contribution >= 4 is 5.91 Å². The number of fused-ring (bicyclic) bond motifs is 1. The van der Waals surface area contributed by atoms with Crippen molar-refractivity contribution in [2.24, 2.45) is 0 Å². The molecule has 3 rings (SSSR count). The van der Waals surface area contributed by atoms with Crippen molar-refractivity contribution in [1.29, 1.82) is 0 Å². The van der Waals surface area contributed by atoms with Gasteiger partial charge < -0.3 is 9.73 Å². The first kappa shape index (κ1) is 10.8. The number of furan rings is 1. The van der Waals surface area contributed by atoms with Crippen LogP contribution in [0.2, 0.25) is 0 Å². The Balaban J connectivity index is 1.72. The summed E-state index contributed by atoms with van der Waals surface area (Å²) in [5.74, 6) is 1.23. The smallest absolute Gasteiger partial charge is 0.237 e. The lowest BCUT2D eigenvalue weighted by molar-refractivity contribution is -0.124. The number of hydrogen-bond acceptors (Lipinski definition) is 3. The van der Waals surface area contributed by atoms with E-state index in [-0.39, 0.29) is 18.0 Å². The molecule has 0 saturated carbocycles. The van der Waals surface area contributed by atoms with Gasteiger partial charge in [0.05, 0.1) is 12.3 Å².